The van der Waals surface area contributed by atoms with Gasteiger partial charge in [0.2, 0.25) is 5.95 Å². The number of aromatic nitrogens is 2. The van der Waals surface area contributed by atoms with E-state index in [4.69, 9.17) is 16.3 Å². The van der Waals surface area contributed by atoms with Gasteiger partial charge in [0.25, 0.3) is 0 Å². The monoisotopic (exact) mass is 346 g/mol. The van der Waals surface area contributed by atoms with Gasteiger partial charge in [0.05, 0.1) is 12.1 Å². The smallest absolute Gasteiger partial charge is 0.229 e. The Morgan fingerprint density at radius 2 is 1.96 bits per heavy atom. The number of ether oxygens (including phenoxy) is 1. The van der Waals surface area contributed by atoms with E-state index in [1.165, 1.54) is 12.8 Å². The van der Waals surface area contributed by atoms with Crippen molar-refractivity contribution in [3.63, 3.8) is 0 Å². The van der Waals surface area contributed by atoms with Crippen molar-refractivity contribution in [1.82, 2.24) is 9.97 Å². The molecular formula is C18H23ClN4O. The Labute approximate surface area is 148 Å². The minimum Gasteiger partial charge on any atom is -0.495 e. The second kappa shape index (κ2) is 7.26. The van der Waals surface area contributed by atoms with Gasteiger partial charge in [-0.1, -0.05) is 18.5 Å². The van der Waals surface area contributed by atoms with Crippen molar-refractivity contribution in [1.29, 1.82) is 0 Å². The first-order chi connectivity index (χ1) is 11.5. The van der Waals surface area contributed by atoms with Gasteiger partial charge in [-0.3, -0.25) is 0 Å². The van der Waals surface area contributed by atoms with Crippen LogP contribution in [-0.4, -0.2) is 30.2 Å². The SMILES string of the molecule is COc1ccc(Nc2nc(C)cc(N3CCC(C)CC3)n2)cc1Cl. The third-order valence-corrected chi connectivity index (χ3v) is 4.65. The third-order valence-electron chi connectivity index (χ3n) is 4.36. The summed E-state index contributed by atoms with van der Waals surface area (Å²) in [6.07, 6.45) is 2.42. The maximum absolute atomic E-state index is 6.18. The molecule has 1 aromatic carbocycles. The van der Waals surface area contributed by atoms with Crippen LogP contribution in [0.2, 0.25) is 5.02 Å². The number of hydrogen-bond acceptors (Lipinski definition) is 5. The number of piperidine rings is 1. The Kier molecular flexibility index (Phi) is 5.09. The minimum absolute atomic E-state index is 0.556. The Balaban J connectivity index is 1.80. The molecule has 1 aliphatic rings. The van der Waals surface area contributed by atoms with Gasteiger partial charge in [-0.2, -0.15) is 4.98 Å². The molecule has 5 nitrogen and oxygen atoms in total. The van der Waals surface area contributed by atoms with Crippen molar-refractivity contribution in [2.24, 2.45) is 5.92 Å². The Morgan fingerprint density at radius 1 is 1.21 bits per heavy atom. The fraction of sp³-hybridized carbons (Fsp3) is 0.444. The van der Waals surface area contributed by atoms with Crippen LogP contribution in [-0.2, 0) is 0 Å². The summed E-state index contributed by atoms with van der Waals surface area (Å²) in [5.74, 6) is 3.01. The van der Waals surface area contributed by atoms with Gasteiger partial charge in [0.15, 0.2) is 0 Å². The third kappa shape index (κ3) is 3.90. The predicted molar refractivity (Wildman–Crippen MR) is 98.7 cm³/mol. The van der Waals surface area contributed by atoms with Crippen LogP contribution in [0, 0.1) is 12.8 Å². The molecule has 0 aliphatic carbocycles. The molecule has 6 heteroatoms. The van der Waals surface area contributed by atoms with E-state index in [-0.39, 0.29) is 0 Å². The zero-order valence-electron chi connectivity index (χ0n) is 14.3. The first-order valence-corrected chi connectivity index (χ1v) is 8.64. The Hall–Kier alpha value is -2.01. The Morgan fingerprint density at radius 3 is 2.62 bits per heavy atom. The lowest BCUT2D eigenvalue weighted by Crippen LogP contribution is -2.33. The van der Waals surface area contributed by atoms with Crippen LogP contribution in [0.4, 0.5) is 17.5 Å². The van der Waals surface area contributed by atoms with E-state index >= 15 is 0 Å². The van der Waals surface area contributed by atoms with E-state index < -0.39 is 0 Å². The van der Waals surface area contributed by atoms with Crippen LogP contribution in [0.5, 0.6) is 5.75 Å². The number of benzene rings is 1. The molecule has 1 aromatic heterocycles. The van der Waals surface area contributed by atoms with Crippen LogP contribution in [0.25, 0.3) is 0 Å². The number of nitrogens with zero attached hydrogens (tertiary/aromatic N) is 3. The summed E-state index contributed by atoms with van der Waals surface area (Å²) in [7, 11) is 1.60. The van der Waals surface area contributed by atoms with Gasteiger partial charge < -0.3 is 15.0 Å². The standard InChI is InChI=1S/C18H23ClN4O/c1-12-6-8-23(9-7-12)17-10-13(2)20-18(22-17)21-14-4-5-16(24-3)15(19)11-14/h4-5,10-12H,6-9H2,1-3H3,(H,20,21,22). The van der Waals surface area contributed by atoms with Gasteiger partial charge >= 0.3 is 0 Å². The molecule has 3 rings (SSSR count). The number of rotatable bonds is 4. The van der Waals surface area contributed by atoms with Gasteiger partial charge in [-0.05, 0) is 43.9 Å². The van der Waals surface area contributed by atoms with E-state index in [9.17, 15) is 0 Å². The highest BCUT2D eigenvalue weighted by molar-refractivity contribution is 6.32. The van der Waals surface area contributed by atoms with E-state index in [2.05, 4.69) is 27.1 Å². The molecule has 0 bridgehead atoms. The molecule has 0 saturated carbocycles. The highest BCUT2D eigenvalue weighted by atomic mass is 35.5. The van der Waals surface area contributed by atoms with Gasteiger partial charge in [-0.15, -0.1) is 0 Å². The predicted octanol–water partition coefficient (Wildman–Crippen LogP) is 4.43. The highest BCUT2D eigenvalue weighted by Crippen LogP contribution is 2.29. The lowest BCUT2D eigenvalue weighted by molar-refractivity contribution is 0.415. The van der Waals surface area contributed by atoms with Crippen LogP contribution in [0.15, 0.2) is 24.3 Å². The molecule has 1 aliphatic heterocycles. The number of halogens is 1. The van der Waals surface area contributed by atoms with E-state index in [1.807, 2.05) is 31.2 Å². The largest absolute Gasteiger partial charge is 0.495 e. The van der Waals surface area contributed by atoms with Crippen molar-refractivity contribution in [3.05, 3.63) is 35.0 Å². The molecule has 1 fully saturated rings. The van der Waals surface area contributed by atoms with E-state index in [0.29, 0.717) is 16.7 Å². The molecule has 24 heavy (non-hydrogen) atoms. The highest BCUT2D eigenvalue weighted by Gasteiger charge is 2.18. The molecule has 0 spiro atoms. The van der Waals surface area contributed by atoms with Gasteiger partial charge in [0, 0.05) is 30.5 Å². The summed E-state index contributed by atoms with van der Waals surface area (Å²) in [6, 6.07) is 7.59. The van der Waals surface area contributed by atoms with Gasteiger partial charge in [0.1, 0.15) is 11.6 Å². The van der Waals surface area contributed by atoms with Crippen LogP contribution in [0.3, 0.4) is 0 Å². The molecule has 0 unspecified atom stereocenters. The lowest BCUT2D eigenvalue weighted by Gasteiger charge is -2.31. The molecule has 2 aromatic rings. The second-order valence-electron chi connectivity index (χ2n) is 6.34. The molecule has 1 saturated heterocycles. The number of aryl methyl sites for hydroxylation is 1. The summed E-state index contributed by atoms with van der Waals surface area (Å²) in [6.45, 7) is 6.39. The quantitative estimate of drug-likeness (QED) is 0.887. The first-order valence-electron chi connectivity index (χ1n) is 8.26. The zero-order valence-corrected chi connectivity index (χ0v) is 15.1. The van der Waals surface area contributed by atoms with Crippen LogP contribution in [0.1, 0.15) is 25.5 Å². The number of hydrogen-bond donors (Lipinski definition) is 1. The summed E-state index contributed by atoms with van der Waals surface area (Å²) >= 11 is 6.18. The van der Waals surface area contributed by atoms with Gasteiger partial charge in [-0.25, -0.2) is 4.98 Å². The first kappa shape index (κ1) is 16.8. The van der Waals surface area contributed by atoms with Crippen molar-refractivity contribution in [3.8, 4) is 5.75 Å². The fourth-order valence-electron chi connectivity index (χ4n) is 2.88. The van der Waals surface area contributed by atoms with Crippen molar-refractivity contribution in [2.75, 3.05) is 30.4 Å². The van der Waals surface area contributed by atoms with Crippen molar-refractivity contribution < 1.29 is 4.74 Å². The zero-order chi connectivity index (χ0) is 17.1. The number of nitrogens with one attached hydrogen (secondary N) is 1. The average molecular weight is 347 g/mol. The maximum Gasteiger partial charge on any atom is 0.229 e. The average Bonchev–Trinajstić information content (AvgIpc) is 2.55. The van der Waals surface area contributed by atoms with Crippen LogP contribution >= 0.6 is 11.6 Å². The fourth-order valence-corrected chi connectivity index (χ4v) is 3.14. The van der Waals surface area contributed by atoms with E-state index in [0.717, 1.165) is 36.2 Å². The van der Waals surface area contributed by atoms with Crippen molar-refractivity contribution in [2.45, 2.75) is 26.7 Å². The normalized spacial score (nSPS) is 15.4. The molecule has 128 valence electrons. The molecule has 0 amide bonds. The minimum atomic E-state index is 0.556. The number of anilines is 3. The summed E-state index contributed by atoms with van der Waals surface area (Å²) in [5, 5.41) is 3.79. The summed E-state index contributed by atoms with van der Waals surface area (Å²) in [4.78, 5) is 11.5. The summed E-state index contributed by atoms with van der Waals surface area (Å²) < 4.78 is 5.18. The molecule has 0 radical (unpaired) electrons. The molecule has 1 N–H and O–H groups in total. The van der Waals surface area contributed by atoms with Crippen LogP contribution < -0.4 is 15.0 Å². The maximum atomic E-state index is 6.18. The van der Waals surface area contributed by atoms with Crippen molar-refractivity contribution >= 4 is 29.1 Å². The Bertz CT molecular complexity index is 714. The topological polar surface area (TPSA) is 50.3 Å². The number of methoxy groups -OCH3 is 1. The second-order valence-corrected chi connectivity index (χ2v) is 6.74. The van der Waals surface area contributed by atoms with E-state index in [1.54, 1.807) is 7.11 Å². The molecular weight excluding hydrogens is 324 g/mol. The lowest BCUT2D eigenvalue weighted by atomic mass is 9.99. The summed E-state index contributed by atoms with van der Waals surface area (Å²) in [5.41, 5.74) is 1.78. The molecule has 2 heterocycles. The molecule has 0 atom stereocenters.